The number of carbonyl (C=O) groups is 2. The van der Waals surface area contributed by atoms with E-state index in [1.807, 2.05) is 6.92 Å². The first-order chi connectivity index (χ1) is 14.3. The number of amides is 3. The molecular formula is C20H17Cl2N3O5. The van der Waals surface area contributed by atoms with Gasteiger partial charge in [0.25, 0.3) is 11.6 Å². The van der Waals surface area contributed by atoms with Crippen LogP contribution < -0.4 is 10.1 Å². The minimum Gasteiger partial charge on any atom is -0.486 e. The lowest BCUT2D eigenvalue weighted by molar-refractivity contribution is -0.384. The van der Waals surface area contributed by atoms with E-state index in [1.165, 1.54) is 18.2 Å². The molecule has 0 unspecified atom stereocenters. The molecular weight excluding hydrogens is 433 g/mol. The molecule has 2 aromatic carbocycles. The molecule has 8 nitrogen and oxygen atoms in total. The number of rotatable bonds is 7. The van der Waals surface area contributed by atoms with Crippen molar-refractivity contribution >= 4 is 46.9 Å². The van der Waals surface area contributed by atoms with E-state index in [4.69, 9.17) is 27.9 Å². The highest BCUT2D eigenvalue weighted by Gasteiger charge is 2.32. The first-order valence-electron chi connectivity index (χ1n) is 9.00. The second-order valence-corrected chi connectivity index (χ2v) is 7.29. The topological polar surface area (TPSA) is 102 Å². The van der Waals surface area contributed by atoms with Crippen LogP contribution in [0.3, 0.4) is 0 Å². The van der Waals surface area contributed by atoms with Crippen molar-refractivity contribution in [1.29, 1.82) is 0 Å². The van der Waals surface area contributed by atoms with Crippen molar-refractivity contribution in [2.24, 2.45) is 0 Å². The Morgan fingerprint density at radius 1 is 1.17 bits per heavy atom. The highest BCUT2D eigenvalue weighted by atomic mass is 35.5. The van der Waals surface area contributed by atoms with E-state index in [9.17, 15) is 19.7 Å². The lowest BCUT2D eigenvalue weighted by Gasteiger charge is -2.11. The molecule has 10 heteroatoms. The van der Waals surface area contributed by atoms with Crippen LogP contribution in [-0.4, -0.2) is 28.3 Å². The Hall–Kier alpha value is -3.10. The van der Waals surface area contributed by atoms with Crippen LogP contribution in [0.5, 0.6) is 5.75 Å². The number of nitro groups is 1. The third kappa shape index (κ3) is 4.72. The summed E-state index contributed by atoms with van der Waals surface area (Å²) in [7, 11) is 0. The predicted molar refractivity (Wildman–Crippen MR) is 112 cm³/mol. The molecule has 1 aliphatic rings. The SMILES string of the molecule is CCCN1C(=O)N/C(=C/c2cc(Cl)c(OCc3ccc([N+](=O)[O-])cc3)c(Cl)c2)C1=O. The molecule has 0 bridgehead atoms. The van der Waals surface area contributed by atoms with E-state index >= 15 is 0 Å². The van der Waals surface area contributed by atoms with E-state index in [0.717, 1.165) is 4.90 Å². The van der Waals surface area contributed by atoms with E-state index in [1.54, 1.807) is 24.3 Å². The molecule has 2 aromatic rings. The Labute approximate surface area is 182 Å². The summed E-state index contributed by atoms with van der Waals surface area (Å²) >= 11 is 12.6. The maximum atomic E-state index is 12.3. The zero-order chi connectivity index (χ0) is 21.8. The molecule has 0 atom stereocenters. The minimum absolute atomic E-state index is 0.0155. The number of halogens is 2. The number of non-ortho nitro benzene ring substituents is 1. The molecule has 3 rings (SSSR count). The third-order valence-electron chi connectivity index (χ3n) is 4.27. The van der Waals surface area contributed by atoms with Gasteiger partial charge in [0.05, 0.1) is 15.0 Å². The van der Waals surface area contributed by atoms with Crippen LogP contribution in [0.1, 0.15) is 24.5 Å². The quantitative estimate of drug-likeness (QED) is 0.283. The number of hydrogen-bond acceptors (Lipinski definition) is 5. The number of urea groups is 1. The van der Waals surface area contributed by atoms with Gasteiger partial charge in [0.2, 0.25) is 0 Å². The van der Waals surface area contributed by atoms with Crippen molar-refractivity contribution in [3.05, 3.63) is 73.4 Å². The van der Waals surface area contributed by atoms with E-state index < -0.39 is 16.9 Å². The normalized spacial score (nSPS) is 14.9. The lowest BCUT2D eigenvalue weighted by Crippen LogP contribution is -2.31. The van der Waals surface area contributed by atoms with E-state index in [0.29, 0.717) is 24.1 Å². The Morgan fingerprint density at radius 3 is 2.37 bits per heavy atom. The Kier molecular flexibility index (Phi) is 6.59. The van der Waals surface area contributed by atoms with E-state index in [-0.39, 0.29) is 33.8 Å². The fraction of sp³-hybridized carbons (Fsp3) is 0.200. The first-order valence-corrected chi connectivity index (χ1v) is 9.75. The average Bonchev–Trinajstić information content (AvgIpc) is 2.95. The summed E-state index contributed by atoms with van der Waals surface area (Å²) in [5.74, 6) is -0.166. The van der Waals surface area contributed by atoms with Gasteiger partial charge < -0.3 is 10.1 Å². The maximum absolute atomic E-state index is 12.3. The maximum Gasteiger partial charge on any atom is 0.329 e. The van der Waals surface area contributed by atoms with Crippen molar-refractivity contribution in [1.82, 2.24) is 10.2 Å². The molecule has 1 N–H and O–H groups in total. The Morgan fingerprint density at radius 2 is 1.80 bits per heavy atom. The van der Waals surface area contributed by atoms with Gasteiger partial charge in [-0.1, -0.05) is 30.1 Å². The number of carbonyl (C=O) groups excluding carboxylic acids is 2. The molecule has 0 spiro atoms. The summed E-state index contributed by atoms with van der Waals surface area (Å²) in [5, 5.41) is 13.7. The molecule has 0 aromatic heterocycles. The van der Waals surface area contributed by atoms with Crippen LogP contribution in [0.15, 0.2) is 42.1 Å². The fourth-order valence-electron chi connectivity index (χ4n) is 2.84. The Balaban J connectivity index is 1.75. The average molecular weight is 450 g/mol. The van der Waals surface area contributed by atoms with Gasteiger partial charge >= 0.3 is 6.03 Å². The zero-order valence-electron chi connectivity index (χ0n) is 15.9. The van der Waals surface area contributed by atoms with Gasteiger partial charge in [-0.2, -0.15) is 0 Å². The highest BCUT2D eigenvalue weighted by molar-refractivity contribution is 6.37. The van der Waals surface area contributed by atoms with Crippen molar-refractivity contribution in [2.75, 3.05) is 6.54 Å². The van der Waals surface area contributed by atoms with Crippen molar-refractivity contribution in [3.8, 4) is 5.75 Å². The number of ether oxygens (including phenoxy) is 1. The molecule has 0 saturated carbocycles. The summed E-state index contributed by atoms with van der Waals surface area (Å²) in [6, 6.07) is 8.58. The van der Waals surface area contributed by atoms with Crippen molar-refractivity contribution in [3.63, 3.8) is 0 Å². The molecule has 1 aliphatic heterocycles. The van der Waals surface area contributed by atoms with Crippen LogP contribution in [0, 0.1) is 10.1 Å². The number of hydrogen-bond donors (Lipinski definition) is 1. The molecule has 1 fully saturated rings. The van der Waals surface area contributed by atoms with E-state index in [2.05, 4.69) is 5.32 Å². The first kappa shape index (κ1) is 21.6. The number of imide groups is 1. The van der Waals surface area contributed by atoms with Gasteiger partial charge in [-0.25, -0.2) is 4.79 Å². The molecule has 1 saturated heterocycles. The standard InChI is InChI=1S/C20H17Cl2N3O5/c1-2-7-24-19(26)17(23-20(24)27)10-13-8-15(21)18(16(22)9-13)30-11-12-3-5-14(6-4-12)25(28)29/h3-6,8-10H,2,7,11H2,1H3,(H,23,27)/b17-10+. The number of nitrogens with one attached hydrogen (secondary N) is 1. The molecule has 30 heavy (non-hydrogen) atoms. The molecule has 0 radical (unpaired) electrons. The molecule has 3 amide bonds. The largest absolute Gasteiger partial charge is 0.486 e. The summed E-state index contributed by atoms with van der Waals surface area (Å²) < 4.78 is 5.67. The zero-order valence-corrected chi connectivity index (χ0v) is 17.4. The van der Waals surface area contributed by atoms with Gasteiger partial charge in [0.15, 0.2) is 5.75 Å². The van der Waals surface area contributed by atoms with Gasteiger partial charge in [0.1, 0.15) is 12.3 Å². The summed E-state index contributed by atoms with van der Waals surface area (Å²) in [6.45, 7) is 2.31. The lowest BCUT2D eigenvalue weighted by atomic mass is 10.1. The fourth-order valence-corrected chi connectivity index (χ4v) is 3.45. The number of nitrogens with zero attached hydrogens (tertiary/aromatic N) is 2. The van der Waals surface area contributed by atoms with Gasteiger partial charge in [-0.3, -0.25) is 19.8 Å². The van der Waals surface area contributed by atoms with Crippen molar-refractivity contribution in [2.45, 2.75) is 20.0 Å². The minimum atomic E-state index is -0.482. The van der Waals surface area contributed by atoms with Crippen LogP contribution in [0.4, 0.5) is 10.5 Å². The molecule has 0 aliphatic carbocycles. The highest BCUT2D eigenvalue weighted by Crippen LogP contribution is 2.35. The van der Waals surface area contributed by atoms with Crippen LogP contribution >= 0.6 is 23.2 Å². The number of benzene rings is 2. The van der Waals surface area contributed by atoms with Crippen LogP contribution in [0.2, 0.25) is 10.0 Å². The molecule has 1 heterocycles. The van der Waals surface area contributed by atoms with Gasteiger partial charge in [-0.05, 0) is 47.9 Å². The second-order valence-electron chi connectivity index (χ2n) is 6.47. The number of nitro benzene ring substituents is 1. The smallest absolute Gasteiger partial charge is 0.329 e. The van der Waals surface area contributed by atoms with Crippen molar-refractivity contribution < 1.29 is 19.2 Å². The summed E-state index contributed by atoms with van der Waals surface area (Å²) in [6.07, 6.45) is 2.15. The molecule has 156 valence electrons. The summed E-state index contributed by atoms with van der Waals surface area (Å²) in [5.41, 5.74) is 1.35. The van der Waals surface area contributed by atoms with Gasteiger partial charge in [0, 0.05) is 18.7 Å². The predicted octanol–water partition coefficient (Wildman–Crippen LogP) is 4.78. The van der Waals surface area contributed by atoms with Crippen LogP contribution in [-0.2, 0) is 11.4 Å². The van der Waals surface area contributed by atoms with Gasteiger partial charge in [-0.15, -0.1) is 0 Å². The third-order valence-corrected chi connectivity index (χ3v) is 4.83. The summed E-state index contributed by atoms with van der Waals surface area (Å²) in [4.78, 5) is 35.6. The van der Waals surface area contributed by atoms with Crippen LogP contribution in [0.25, 0.3) is 6.08 Å². The Bertz CT molecular complexity index is 1010. The second kappa shape index (κ2) is 9.15. The monoisotopic (exact) mass is 449 g/mol.